The molecule has 11 heavy (non-hydrogen) atoms. The lowest BCUT2D eigenvalue weighted by Gasteiger charge is -2.23. The highest BCUT2D eigenvalue weighted by Gasteiger charge is 2.17. The quantitative estimate of drug-likeness (QED) is 0.542. The molecule has 1 heterocycles. The Morgan fingerprint density at radius 2 is 2.36 bits per heavy atom. The summed E-state index contributed by atoms with van der Waals surface area (Å²) in [5.41, 5.74) is -0.149. The molecule has 0 amide bonds. The van der Waals surface area contributed by atoms with Gasteiger partial charge in [0.25, 0.3) is 0 Å². The van der Waals surface area contributed by atoms with Crippen LogP contribution in [0.3, 0.4) is 0 Å². The van der Waals surface area contributed by atoms with E-state index in [4.69, 9.17) is 14.9 Å². The van der Waals surface area contributed by atoms with Crippen molar-refractivity contribution in [3.05, 3.63) is 0 Å². The van der Waals surface area contributed by atoms with E-state index in [1.54, 1.807) is 0 Å². The van der Waals surface area contributed by atoms with Crippen molar-refractivity contribution in [1.82, 2.24) is 0 Å². The van der Waals surface area contributed by atoms with Crippen molar-refractivity contribution in [2.24, 2.45) is 0 Å². The SMILES string of the molecule is OCC(O)[SiH2]C1CCCCO1. The van der Waals surface area contributed by atoms with Crippen LogP contribution < -0.4 is 0 Å². The van der Waals surface area contributed by atoms with Crippen LogP contribution in [0.25, 0.3) is 0 Å². The molecule has 2 N–H and O–H groups in total. The van der Waals surface area contributed by atoms with Crippen LogP contribution in [0.4, 0.5) is 0 Å². The highest BCUT2D eigenvalue weighted by Crippen LogP contribution is 2.11. The smallest absolute Gasteiger partial charge is 0.0925 e. The number of aliphatic hydroxyl groups excluding tert-OH is 2. The zero-order valence-corrected chi connectivity index (χ0v) is 8.11. The van der Waals surface area contributed by atoms with Crippen molar-refractivity contribution in [2.45, 2.75) is 30.7 Å². The van der Waals surface area contributed by atoms with E-state index < -0.39 is 15.2 Å². The Morgan fingerprint density at radius 3 is 2.91 bits per heavy atom. The molecule has 0 radical (unpaired) electrons. The summed E-state index contributed by atoms with van der Waals surface area (Å²) in [7, 11) is -0.627. The summed E-state index contributed by atoms with van der Waals surface area (Å²) in [6.07, 6.45) is 3.46. The molecule has 3 nitrogen and oxygen atoms in total. The Balaban J connectivity index is 2.13. The number of rotatable bonds is 3. The molecule has 4 heteroatoms. The summed E-state index contributed by atoms with van der Waals surface area (Å²) in [6, 6.07) is 0. The van der Waals surface area contributed by atoms with Crippen molar-refractivity contribution in [2.75, 3.05) is 13.2 Å². The fraction of sp³-hybridized carbons (Fsp3) is 1.00. The van der Waals surface area contributed by atoms with Crippen molar-refractivity contribution in [1.29, 1.82) is 0 Å². The van der Waals surface area contributed by atoms with Crippen molar-refractivity contribution < 1.29 is 14.9 Å². The van der Waals surface area contributed by atoms with Gasteiger partial charge in [-0.15, -0.1) is 0 Å². The van der Waals surface area contributed by atoms with Gasteiger partial charge in [-0.25, -0.2) is 0 Å². The molecule has 0 aliphatic carbocycles. The molecule has 0 aromatic rings. The second kappa shape index (κ2) is 4.87. The zero-order chi connectivity index (χ0) is 8.10. The van der Waals surface area contributed by atoms with E-state index in [9.17, 15) is 0 Å². The Hall–Kier alpha value is 0.0969. The van der Waals surface area contributed by atoms with Crippen LogP contribution in [0.2, 0.25) is 0 Å². The van der Waals surface area contributed by atoms with Crippen molar-refractivity contribution in [3.63, 3.8) is 0 Å². The second-order valence-electron chi connectivity index (χ2n) is 3.06. The molecular formula is C7H16O3Si. The molecule has 1 fully saturated rings. The largest absolute Gasteiger partial charge is 0.395 e. The maximum absolute atomic E-state index is 9.14. The van der Waals surface area contributed by atoms with E-state index in [1.165, 1.54) is 6.42 Å². The van der Waals surface area contributed by atoms with E-state index in [0.29, 0.717) is 5.73 Å². The van der Waals surface area contributed by atoms with E-state index in [2.05, 4.69) is 0 Å². The summed E-state index contributed by atoms with van der Waals surface area (Å²) < 4.78 is 5.44. The third-order valence-electron chi connectivity index (χ3n) is 2.02. The third kappa shape index (κ3) is 3.33. The van der Waals surface area contributed by atoms with Gasteiger partial charge < -0.3 is 14.9 Å². The molecule has 1 aliphatic rings. The Morgan fingerprint density at radius 1 is 1.55 bits per heavy atom. The first-order valence-electron chi connectivity index (χ1n) is 4.23. The summed E-state index contributed by atoms with van der Waals surface area (Å²) in [6.45, 7) is 0.752. The van der Waals surface area contributed by atoms with Crippen LogP contribution in [0.15, 0.2) is 0 Å². The van der Waals surface area contributed by atoms with Crippen LogP contribution in [-0.4, -0.2) is 44.4 Å². The summed E-state index contributed by atoms with van der Waals surface area (Å²) >= 11 is 0. The number of ether oxygens (including phenoxy) is 1. The molecule has 2 unspecified atom stereocenters. The number of hydrogen-bond acceptors (Lipinski definition) is 3. The first-order valence-corrected chi connectivity index (χ1v) is 5.86. The Bertz CT molecular complexity index is 104. The van der Waals surface area contributed by atoms with Gasteiger partial charge in [0.05, 0.1) is 21.9 Å². The molecule has 1 saturated heterocycles. The molecule has 66 valence electrons. The van der Waals surface area contributed by atoms with E-state index in [0.717, 1.165) is 19.4 Å². The fourth-order valence-electron chi connectivity index (χ4n) is 1.37. The van der Waals surface area contributed by atoms with E-state index in [-0.39, 0.29) is 6.61 Å². The predicted octanol–water partition coefficient (Wildman–Crippen LogP) is -1.01. The Labute approximate surface area is 69.2 Å². The van der Waals surface area contributed by atoms with Gasteiger partial charge in [-0.3, -0.25) is 0 Å². The van der Waals surface area contributed by atoms with Gasteiger partial charge in [-0.2, -0.15) is 0 Å². The van der Waals surface area contributed by atoms with Gasteiger partial charge in [0, 0.05) is 12.3 Å². The molecule has 0 spiro atoms. The van der Waals surface area contributed by atoms with Gasteiger partial charge >= 0.3 is 0 Å². The van der Waals surface area contributed by atoms with E-state index in [1.807, 2.05) is 0 Å². The first kappa shape index (κ1) is 9.19. The molecule has 1 aliphatic heterocycles. The number of hydrogen-bond donors (Lipinski definition) is 2. The lowest BCUT2D eigenvalue weighted by atomic mass is 10.2. The molecule has 0 aromatic heterocycles. The van der Waals surface area contributed by atoms with Crippen LogP contribution in [0, 0.1) is 0 Å². The topological polar surface area (TPSA) is 49.7 Å². The summed E-state index contributed by atoms with van der Waals surface area (Å²) in [4.78, 5) is 0. The lowest BCUT2D eigenvalue weighted by Crippen LogP contribution is -2.35. The van der Waals surface area contributed by atoms with Gasteiger partial charge in [-0.05, 0) is 19.3 Å². The first-order chi connectivity index (χ1) is 5.33. The minimum Gasteiger partial charge on any atom is -0.395 e. The van der Waals surface area contributed by atoms with Crippen LogP contribution in [0.5, 0.6) is 0 Å². The predicted molar refractivity (Wildman–Crippen MR) is 45.2 cm³/mol. The average molecular weight is 176 g/mol. The minimum absolute atomic E-state index is 0.0912. The standard InChI is InChI=1S/C7H16O3Si/c8-5-6(9)11-7-3-1-2-4-10-7/h6-9H,1-5,11H2. The molecular weight excluding hydrogens is 160 g/mol. The van der Waals surface area contributed by atoms with Gasteiger partial charge in [0.15, 0.2) is 0 Å². The fourth-order valence-corrected chi connectivity index (χ4v) is 2.95. The van der Waals surface area contributed by atoms with Crippen molar-refractivity contribution >= 4 is 9.52 Å². The minimum atomic E-state index is -0.627. The maximum atomic E-state index is 9.14. The summed E-state index contributed by atoms with van der Waals surface area (Å²) in [5.74, 6) is 0. The van der Waals surface area contributed by atoms with Crippen LogP contribution in [-0.2, 0) is 4.74 Å². The lowest BCUT2D eigenvalue weighted by molar-refractivity contribution is 0.0571. The number of aliphatic hydroxyl groups is 2. The van der Waals surface area contributed by atoms with Gasteiger partial charge in [0.1, 0.15) is 0 Å². The van der Waals surface area contributed by atoms with Gasteiger partial charge in [-0.1, -0.05) is 0 Å². The molecule has 0 aromatic carbocycles. The second-order valence-corrected chi connectivity index (χ2v) is 5.39. The molecule has 0 bridgehead atoms. The van der Waals surface area contributed by atoms with Gasteiger partial charge in [0.2, 0.25) is 0 Å². The summed E-state index contributed by atoms with van der Waals surface area (Å²) in [5, 5.41) is 17.7. The maximum Gasteiger partial charge on any atom is 0.0925 e. The molecule has 2 atom stereocenters. The third-order valence-corrected chi connectivity index (χ3v) is 3.99. The Kier molecular flexibility index (Phi) is 4.07. The normalized spacial score (nSPS) is 29.5. The van der Waals surface area contributed by atoms with Crippen LogP contribution >= 0.6 is 0 Å². The van der Waals surface area contributed by atoms with Crippen molar-refractivity contribution in [3.8, 4) is 0 Å². The van der Waals surface area contributed by atoms with E-state index >= 15 is 0 Å². The van der Waals surface area contributed by atoms with Crippen LogP contribution in [0.1, 0.15) is 19.3 Å². The molecule has 0 saturated carbocycles. The zero-order valence-electron chi connectivity index (χ0n) is 6.70. The highest BCUT2D eigenvalue weighted by molar-refractivity contribution is 6.38. The average Bonchev–Trinajstić information content (AvgIpc) is 2.06. The molecule has 1 rings (SSSR count). The monoisotopic (exact) mass is 176 g/mol. The highest BCUT2D eigenvalue weighted by atomic mass is 28.2.